The molecule has 0 amide bonds. The molecule has 1 aliphatic rings. The molecule has 0 saturated heterocycles. The smallest absolute Gasteiger partial charge is 0.0623 e. The molecule has 0 aromatic rings. The molecule has 1 unspecified atom stereocenters. The van der Waals surface area contributed by atoms with E-state index < -0.39 is 0 Å². The van der Waals surface area contributed by atoms with Crippen molar-refractivity contribution >= 4 is 0 Å². The van der Waals surface area contributed by atoms with Crippen LogP contribution in [0.1, 0.15) is 33.6 Å². The maximum Gasteiger partial charge on any atom is 0.0623 e. The third-order valence-corrected chi connectivity index (χ3v) is 3.25. The fourth-order valence-electron chi connectivity index (χ4n) is 2.04. The average molecular weight is 244 g/mol. The SMILES string of the molecule is CCOCCN(CC)CC(C)(CO)NC1CC1. The van der Waals surface area contributed by atoms with Crippen molar-refractivity contribution in [3.05, 3.63) is 0 Å². The zero-order chi connectivity index (χ0) is 12.7. The summed E-state index contributed by atoms with van der Waals surface area (Å²) in [7, 11) is 0. The minimum absolute atomic E-state index is 0.177. The molecule has 1 rings (SSSR count). The van der Waals surface area contributed by atoms with Crippen LogP contribution in [0, 0.1) is 0 Å². The van der Waals surface area contributed by atoms with E-state index in [9.17, 15) is 5.11 Å². The topological polar surface area (TPSA) is 44.7 Å². The van der Waals surface area contributed by atoms with Crippen LogP contribution < -0.4 is 5.32 Å². The second-order valence-electron chi connectivity index (χ2n) is 5.20. The molecule has 102 valence electrons. The van der Waals surface area contributed by atoms with Gasteiger partial charge in [0.1, 0.15) is 0 Å². The van der Waals surface area contributed by atoms with Crippen LogP contribution in [0.4, 0.5) is 0 Å². The van der Waals surface area contributed by atoms with Crippen molar-refractivity contribution in [3.63, 3.8) is 0 Å². The Labute approximate surface area is 105 Å². The van der Waals surface area contributed by atoms with Gasteiger partial charge >= 0.3 is 0 Å². The van der Waals surface area contributed by atoms with Crippen molar-refractivity contribution in [2.75, 3.05) is 39.5 Å². The third kappa shape index (κ3) is 5.82. The van der Waals surface area contributed by atoms with Gasteiger partial charge in [0.15, 0.2) is 0 Å². The van der Waals surface area contributed by atoms with Crippen LogP contribution in [0.2, 0.25) is 0 Å². The monoisotopic (exact) mass is 244 g/mol. The van der Waals surface area contributed by atoms with E-state index in [0.29, 0.717) is 6.04 Å². The van der Waals surface area contributed by atoms with E-state index in [-0.39, 0.29) is 12.1 Å². The molecule has 4 nitrogen and oxygen atoms in total. The van der Waals surface area contributed by atoms with Gasteiger partial charge in [-0.15, -0.1) is 0 Å². The first-order valence-electron chi connectivity index (χ1n) is 6.82. The molecule has 0 aromatic heterocycles. The summed E-state index contributed by atoms with van der Waals surface area (Å²) < 4.78 is 5.38. The van der Waals surface area contributed by atoms with E-state index in [4.69, 9.17) is 4.74 Å². The fourth-order valence-corrected chi connectivity index (χ4v) is 2.04. The molecule has 0 aliphatic heterocycles. The Morgan fingerprint density at radius 2 is 2.12 bits per heavy atom. The summed E-state index contributed by atoms with van der Waals surface area (Å²) in [4.78, 5) is 2.33. The number of rotatable bonds is 10. The zero-order valence-electron chi connectivity index (χ0n) is 11.5. The Hall–Kier alpha value is -0.160. The molecule has 0 heterocycles. The van der Waals surface area contributed by atoms with Crippen LogP contribution >= 0.6 is 0 Å². The van der Waals surface area contributed by atoms with Gasteiger partial charge in [-0.1, -0.05) is 6.92 Å². The van der Waals surface area contributed by atoms with Gasteiger partial charge in [0.05, 0.1) is 18.8 Å². The summed E-state index contributed by atoms with van der Waals surface area (Å²) in [6, 6.07) is 0.623. The lowest BCUT2D eigenvalue weighted by molar-refractivity contribution is 0.0831. The highest BCUT2D eigenvalue weighted by Gasteiger charge is 2.33. The van der Waals surface area contributed by atoms with Gasteiger partial charge in [0.2, 0.25) is 0 Å². The molecule has 0 spiro atoms. The van der Waals surface area contributed by atoms with Gasteiger partial charge in [-0.3, -0.25) is 4.90 Å². The normalized spacial score (nSPS) is 19.6. The van der Waals surface area contributed by atoms with Crippen LogP contribution in [0.25, 0.3) is 0 Å². The summed E-state index contributed by atoms with van der Waals surface area (Å²) in [6.07, 6.45) is 2.50. The standard InChI is InChI=1S/C13H28N2O2/c1-4-15(8-9-17-5-2)10-13(3,11-16)14-12-6-7-12/h12,14,16H,4-11H2,1-3H3. The Morgan fingerprint density at radius 3 is 2.59 bits per heavy atom. The van der Waals surface area contributed by atoms with Crippen LogP contribution in [-0.4, -0.2) is 61.0 Å². The number of likely N-dealkylation sites (N-methyl/N-ethyl adjacent to an activating group) is 1. The lowest BCUT2D eigenvalue weighted by Crippen LogP contribution is -2.55. The third-order valence-electron chi connectivity index (χ3n) is 3.25. The second-order valence-corrected chi connectivity index (χ2v) is 5.20. The molecule has 1 aliphatic carbocycles. The summed E-state index contributed by atoms with van der Waals surface area (Å²) in [6.45, 7) is 10.8. The summed E-state index contributed by atoms with van der Waals surface area (Å²) in [5, 5.41) is 13.1. The van der Waals surface area contributed by atoms with Crippen molar-refractivity contribution in [1.29, 1.82) is 0 Å². The average Bonchev–Trinajstić information content (AvgIpc) is 3.12. The van der Waals surface area contributed by atoms with Gasteiger partial charge in [0.25, 0.3) is 0 Å². The minimum Gasteiger partial charge on any atom is -0.394 e. The molecule has 0 bridgehead atoms. The predicted molar refractivity (Wildman–Crippen MR) is 70.3 cm³/mol. The maximum absolute atomic E-state index is 9.56. The lowest BCUT2D eigenvalue weighted by Gasteiger charge is -2.34. The fraction of sp³-hybridized carbons (Fsp3) is 1.00. The first-order chi connectivity index (χ1) is 8.13. The van der Waals surface area contributed by atoms with E-state index in [1.54, 1.807) is 0 Å². The van der Waals surface area contributed by atoms with Crippen molar-refractivity contribution in [2.24, 2.45) is 0 Å². The van der Waals surface area contributed by atoms with E-state index in [1.165, 1.54) is 12.8 Å². The number of aliphatic hydroxyl groups is 1. The van der Waals surface area contributed by atoms with Crippen molar-refractivity contribution in [2.45, 2.75) is 45.2 Å². The van der Waals surface area contributed by atoms with Crippen molar-refractivity contribution in [3.8, 4) is 0 Å². The number of ether oxygens (including phenoxy) is 1. The number of aliphatic hydroxyl groups excluding tert-OH is 1. The molecule has 0 radical (unpaired) electrons. The number of nitrogens with one attached hydrogen (secondary N) is 1. The summed E-state index contributed by atoms with van der Waals surface area (Å²) in [5.41, 5.74) is -0.177. The van der Waals surface area contributed by atoms with Crippen LogP contribution in [0.15, 0.2) is 0 Å². The minimum atomic E-state index is -0.177. The highest BCUT2D eigenvalue weighted by molar-refractivity contribution is 4.94. The van der Waals surface area contributed by atoms with Gasteiger partial charge in [0, 0.05) is 25.7 Å². The van der Waals surface area contributed by atoms with Crippen molar-refractivity contribution < 1.29 is 9.84 Å². The molecular weight excluding hydrogens is 216 g/mol. The highest BCUT2D eigenvalue weighted by atomic mass is 16.5. The van der Waals surface area contributed by atoms with E-state index >= 15 is 0 Å². The highest BCUT2D eigenvalue weighted by Crippen LogP contribution is 2.22. The van der Waals surface area contributed by atoms with E-state index in [0.717, 1.165) is 32.8 Å². The molecule has 1 saturated carbocycles. The Kier molecular flexibility index (Phi) is 6.41. The first-order valence-corrected chi connectivity index (χ1v) is 6.82. The van der Waals surface area contributed by atoms with Crippen molar-refractivity contribution in [1.82, 2.24) is 10.2 Å². The zero-order valence-corrected chi connectivity index (χ0v) is 11.5. The van der Waals surface area contributed by atoms with E-state index in [1.807, 2.05) is 6.92 Å². The van der Waals surface area contributed by atoms with E-state index in [2.05, 4.69) is 24.1 Å². The molecule has 0 aromatic carbocycles. The molecule has 1 fully saturated rings. The predicted octanol–water partition coefficient (Wildman–Crippen LogP) is 0.848. The Bertz CT molecular complexity index is 210. The number of nitrogens with zero attached hydrogens (tertiary/aromatic N) is 1. The molecule has 2 N–H and O–H groups in total. The lowest BCUT2D eigenvalue weighted by atomic mass is 10.0. The largest absolute Gasteiger partial charge is 0.394 e. The van der Waals surface area contributed by atoms with Gasteiger partial charge in [-0.25, -0.2) is 0 Å². The molecule has 4 heteroatoms. The van der Waals surface area contributed by atoms with Gasteiger partial charge in [-0.05, 0) is 33.2 Å². The molecule has 17 heavy (non-hydrogen) atoms. The van der Waals surface area contributed by atoms with Gasteiger partial charge < -0.3 is 15.2 Å². The second kappa shape index (κ2) is 7.31. The summed E-state index contributed by atoms with van der Waals surface area (Å²) >= 11 is 0. The van der Waals surface area contributed by atoms with Crippen LogP contribution in [-0.2, 0) is 4.74 Å². The quantitative estimate of drug-likeness (QED) is 0.559. The number of hydrogen-bond donors (Lipinski definition) is 2. The number of hydrogen-bond acceptors (Lipinski definition) is 4. The molecule has 1 atom stereocenters. The van der Waals surface area contributed by atoms with Gasteiger partial charge in [-0.2, -0.15) is 0 Å². The van der Waals surface area contributed by atoms with Crippen LogP contribution in [0.5, 0.6) is 0 Å². The Balaban J connectivity index is 2.33. The Morgan fingerprint density at radius 1 is 1.41 bits per heavy atom. The van der Waals surface area contributed by atoms with Crippen LogP contribution in [0.3, 0.4) is 0 Å². The maximum atomic E-state index is 9.56. The molecular formula is C13H28N2O2. The summed E-state index contributed by atoms with van der Waals surface area (Å²) in [5.74, 6) is 0. The first kappa shape index (κ1) is 14.9.